The van der Waals surface area contributed by atoms with Crippen molar-refractivity contribution in [3.05, 3.63) is 77.3 Å². The summed E-state index contributed by atoms with van der Waals surface area (Å²) in [7, 11) is 0. The predicted octanol–water partition coefficient (Wildman–Crippen LogP) is 4.76. The van der Waals surface area contributed by atoms with Gasteiger partial charge < -0.3 is 10.1 Å². The highest BCUT2D eigenvalue weighted by Gasteiger charge is 2.04. The molecule has 2 aromatic carbocycles. The van der Waals surface area contributed by atoms with E-state index in [9.17, 15) is 0 Å². The Bertz CT molecular complexity index is 563. The first-order valence-electron chi connectivity index (χ1n) is 7.00. The Morgan fingerprint density at radius 1 is 1.14 bits per heavy atom. The highest BCUT2D eigenvalue weighted by Crippen LogP contribution is 2.17. The average molecular weight is 302 g/mol. The SMILES string of the molecule is C=CCOc1ccc(CN[C@H](C)c2ccc(Cl)cc2)cc1. The van der Waals surface area contributed by atoms with Crippen molar-refractivity contribution in [1.29, 1.82) is 0 Å². The quantitative estimate of drug-likeness (QED) is 0.745. The van der Waals surface area contributed by atoms with Crippen LogP contribution in [0.25, 0.3) is 0 Å². The summed E-state index contributed by atoms with van der Waals surface area (Å²) in [5, 5.41) is 4.26. The van der Waals surface area contributed by atoms with Crippen molar-refractivity contribution < 1.29 is 4.74 Å². The van der Waals surface area contributed by atoms with Crippen molar-refractivity contribution in [1.82, 2.24) is 5.32 Å². The van der Waals surface area contributed by atoms with Gasteiger partial charge in [-0.15, -0.1) is 0 Å². The van der Waals surface area contributed by atoms with Crippen molar-refractivity contribution >= 4 is 11.6 Å². The molecule has 21 heavy (non-hydrogen) atoms. The maximum absolute atomic E-state index is 5.90. The van der Waals surface area contributed by atoms with E-state index in [-0.39, 0.29) is 6.04 Å². The standard InChI is InChI=1S/C18H20ClNO/c1-3-12-21-18-10-4-15(5-11-18)13-20-14(2)16-6-8-17(19)9-7-16/h3-11,14,20H,1,12-13H2,2H3/t14-/m1/s1. The fraction of sp³-hybridized carbons (Fsp3) is 0.222. The Labute approximate surface area is 131 Å². The number of nitrogens with one attached hydrogen (secondary N) is 1. The molecular formula is C18H20ClNO. The van der Waals surface area contributed by atoms with Gasteiger partial charge >= 0.3 is 0 Å². The largest absolute Gasteiger partial charge is 0.490 e. The van der Waals surface area contributed by atoms with E-state index in [0.29, 0.717) is 6.61 Å². The number of rotatable bonds is 7. The van der Waals surface area contributed by atoms with Crippen LogP contribution >= 0.6 is 11.6 Å². The third-order valence-electron chi connectivity index (χ3n) is 3.27. The monoisotopic (exact) mass is 301 g/mol. The minimum atomic E-state index is 0.277. The van der Waals surface area contributed by atoms with Crippen molar-refractivity contribution in [3.8, 4) is 5.75 Å². The smallest absolute Gasteiger partial charge is 0.119 e. The van der Waals surface area contributed by atoms with E-state index in [1.54, 1.807) is 6.08 Å². The van der Waals surface area contributed by atoms with Gasteiger partial charge in [-0.3, -0.25) is 0 Å². The minimum Gasteiger partial charge on any atom is -0.490 e. The second-order valence-electron chi connectivity index (χ2n) is 4.90. The molecule has 0 spiro atoms. The van der Waals surface area contributed by atoms with E-state index >= 15 is 0 Å². The molecule has 0 aliphatic carbocycles. The first-order valence-corrected chi connectivity index (χ1v) is 7.38. The molecule has 110 valence electrons. The second kappa shape index (κ2) is 7.87. The van der Waals surface area contributed by atoms with Crippen LogP contribution in [-0.2, 0) is 6.54 Å². The molecule has 0 fully saturated rings. The van der Waals surface area contributed by atoms with E-state index in [1.165, 1.54) is 11.1 Å². The normalized spacial score (nSPS) is 11.9. The Kier molecular flexibility index (Phi) is 5.85. The molecule has 0 heterocycles. The van der Waals surface area contributed by atoms with Gasteiger partial charge in [-0.2, -0.15) is 0 Å². The van der Waals surface area contributed by atoms with Gasteiger partial charge in [-0.1, -0.05) is 48.5 Å². The number of hydrogen-bond acceptors (Lipinski definition) is 2. The zero-order valence-electron chi connectivity index (χ0n) is 12.2. The van der Waals surface area contributed by atoms with Crippen molar-refractivity contribution in [2.75, 3.05) is 6.61 Å². The molecule has 2 aromatic rings. The number of benzene rings is 2. The number of ether oxygens (including phenoxy) is 1. The van der Waals surface area contributed by atoms with Crippen molar-refractivity contribution in [2.45, 2.75) is 19.5 Å². The summed E-state index contributed by atoms with van der Waals surface area (Å²) in [5.41, 5.74) is 2.45. The summed E-state index contributed by atoms with van der Waals surface area (Å²) >= 11 is 5.90. The van der Waals surface area contributed by atoms with E-state index in [2.05, 4.69) is 31.0 Å². The molecule has 0 aromatic heterocycles. The summed E-state index contributed by atoms with van der Waals surface area (Å²) in [6.45, 7) is 7.12. The van der Waals surface area contributed by atoms with Crippen molar-refractivity contribution in [2.24, 2.45) is 0 Å². The van der Waals surface area contributed by atoms with Crippen LogP contribution < -0.4 is 10.1 Å². The first kappa shape index (κ1) is 15.6. The molecule has 0 amide bonds. The summed E-state index contributed by atoms with van der Waals surface area (Å²) in [6, 6.07) is 16.3. The summed E-state index contributed by atoms with van der Waals surface area (Å²) in [6.07, 6.45) is 1.74. The van der Waals surface area contributed by atoms with Crippen LogP contribution in [0.1, 0.15) is 24.1 Å². The molecule has 0 unspecified atom stereocenters. The van der Waals surface area contributed by atoms with Crippen LogP contribution in [0.5, 0.6) is 5.75 Å². The predicted molar refractivity (Wildman–Crippen MR) is 88.8 cm³/mol. The van der Waals surface area contributed by atoms with Crippen molar-refractivity contribution in [3.63, 3.8) is 0 Å². The highest BCUT2D eigenvalue weighted by molar-refractivity contribution is 6.30. The molecule has 1 N–H and O–H groups in total. The lowest BCUT2D eigenvalue weighted by Gasteiger charge is -2.14. The van der Waals surface area contributed by atoms with Crippen LogP contribution in [0.4, 0.5) is 0 Å². The topological polar surface area (TPSA) is 21.3 Å². The molecule has 0 aliphatic heterocycles. The molecule has 2 rings (SSSR count). The second-order valence-corrected chi connectivity index (χ2v) is 5.33. The maximum atomic E-state index is 5.90. The minimum absolute atomic E-state index is 0.277. The molecular weight excluding hydrogens is 282 g/mol. The molecule has 2 nitrogen and oxygen atoms in total. The molecule has 0 bridgehead atoms. The fourth-order valence-electron chi connectivity index (χ4n) is 2.00. The van der Waals surface area contributed by atoms with Gasteiger partial charge in [0.2, 0.25) is 0 Å². The lowest BCUT2D eigenvalue weighted by molar-refractivity contribution is 0.363. The van der Waals surface area contributed by atoms with Gasteiger partial charge in [-0.05, 0) is 42.3 Å². The summed E-state index contributed by atoms with van der Waals surface area (Å²) in [5.74, 6) is 0.865. The molecule has 0 aliphatic rings. The molecule has 0 radical (unpaired) electrons. The van der Waals surface area contributed by atoms with Gasteiger partial charge in [0, 0.05) is 17.6 Å². The Morgan fingerprint density at radius 3 is 2.43 bits per heavy atom. The van der Waals surface area contributed by atoms with E-state index in [1.807, 2.05) is 36.4 Å². The molecule has 0 saturated carbocycles. The third-order valence-corrected chi connectivity index (χ3v) is 3.53. The molecule has 1 atom stereocenters. The molecule has 0 saturated heterocycles. The lowest BCUT2D eigenvalue weighted by Crippen LogP contribution is -2.17. The summed E-state index contributed by atoms with van der Waals surface area (Å²) < 4.78 is 5.47. The van der Waals surface area contributed by atoms with E-state index in [0.717, 1.165) is 17.3 Å². The van der Waals surface area contributed by atoms with Gasteiger partial charge in [0.25, 0.3) is 0 Å². The highest BCUT2D eigenvalue weighted by atomic mass is 35.5. The number of hydrogen-bond donors (Lipinski definition) is 1. The average Bonchev–Trinajstić information content (AvgIpc) is 2.52. The van der Waals surface area contributed by atoms with Gasteiger partial charge in [-0.25, -0.2) is 0 Å². The summed E-state index contributed by atoms with van der Waals surface area (Å²) in [4.78, 5) is 0. The third kappa shape index (κ3) is 4.92. The van der Waals surface area contributed by atoms with Crippen LogP contribution in [-0.4, -0.2) is 6.61 Å². The zero-order valence-corrected chi connectivity index (χ0v) is 12.9. The van der Waals surface area contributed by atoms with Gasteiger partial charge in [0.15, 0.2) is 0 Å². The maximum Gasteiger partial charge on any atom is 0.119 e. The molecule has 3 heteroatoms. The van der Waals surface area contributed by atoms with Crippen LogP contribution in [0.3, 0.4) is 0 Å². The number of halogens is 1. The Hall–Kier alpha value is -1.77. The Morgan fingerprint density at radius 2 is 1.81 bits per heavy atom. The lowest BCUT2D eigenvalue weighted by atomic mass is 10.1. The Balaban J connectivity index is 1.87. The first-order chi connectivity index (χ1) is 10.2. The van der Waals surface area contributed by atoms with E-state index in [4.69, 9.17) is 16.3 Å². The van der Waals surface area contributed by atoms with E-state index < -0.39 is 0 Å². The van der Waals surface area contributed by atoms with Crippen LogP contribution in [0.15, 0.2) is 61.2 Å². The van der Waals surface area contributed by atoms with Crippen LogP contribution in [0, 0.1) is 0 Å². The van der Waals surface area contributed by atoms with Gasteiger partial charge in [0.1, 0.15) is 12.4 Å². The van der Waals surface area contributed by atoms with Gasteiger partial charge in [0.05, 0.1) is 0 Å². The zero-order chi connectivity index (χ0) is 15.1. The fourth-order valence-corrected chi connectivity index (χ4v) is 2.12. The van der Waals surface area contributed by atoms with Crippen LogP contribution in [0.2, 0.25) is 5.02 Å².